The van der Waals surface area contributed by atoms with Crippen LogP contribution < -0.4 is 10.6 Å². The van der Waals surface area contributed by atoms with Crippen molar-refractivity contribution in [2.24, 2.45) is 0 Å². The molecule has 2 N–H and O–H groups in total. The molecule has 0 atom stereocenters. The molecule has 19 heavy (non-hydrogen) atoms. The molecule has 0 amide bonds. The highest BCUT2D eigenvalue weighted by atomic mass is 32.2. The first-order valence-electron chi connectivity index (χ1n) is 6.38. The van der Waals surface area contributed by atoms with Crippen molar-refractivity contribution in [3.05, 3.63) is 0 Å². The van der Waals surface area contributed by atoms with Crippen LogP contribution in [0.2, 0.25) is 0 Å². The van der Waals surface area contributed by atoms with Gasteiger partial charge in [0.2, 0.25) is 11.9 Å². The molecule has 0 aliphatic heterocycles. The number of hydrogen-bond donors (Lipinski definition) is 2. The Morgan fingerprint density at radius 1 is 1.16 bits per heavy atom. The Balaban J connectivity index is 2.24. The van der Waals surface area contributed by atoms with Gasteiger partial charge >= 0.3 is 0 Å². The van der Waals surface area contributed by atoms with Crippen molar-refractivity contribution >= 4 is 23.7 Å². The summed E-state index contributed by atoms with van der Waals surface area (Å²) in [6, 6.07) is 2.40. The first-order valence-corrected chi connectivity index (χ1v) is 7.61. The summed E-state index contributed by atoms with van der Waals surface area (Å²) in [5, 5.41) is 16.2. The molecule has 1 aliphatic carbocycles. The van der Waals surface area contributed by atoms with Crippen LogP contribution in [0, 0.1) is 11.3 Å². The van der Waals surface area contributed by atoms with E-state index >= 15 is 0 Å². The Morgan fingerprint density at radius 2 is 1.84 bits per heavy atom. The first-order chi connectivity index (χ1) is 9.21. The number of nitrogens with one attached hydrogen (secondary N) is 2. The average Bonchev–Trinajstić information content (AvgIpc) is 2.47. The van der Waals surface area contributed by atoms with Crippen LogP contribution in [-0.4, -0.2) is 33.8 Å². The van der Waals surface area contributed by atoms with E-state index in [4.69, 9.17) is 0 Å². The van der Waals surface area contributed by atoms with Gasteiger partial charge in [0.25, 0.3) is 0 Å². The van der Waals surface area contributed by atoms with Crippen LogP contribution in [0.3, 0.4) is 0 Å². The second kappa shape index (κ2) is 6.06. The van der Waals surface area contributed by atoms with E-state index in [1.807, 2.05) is 6.26 Å². The highest BCUT2D eigenvalue weighted by molar-refractivity contribution is 7.98. The van der Waals surface area contributed by atoms with Crippen LogP contribution in [-0.2, 0) is 0 Å². The van der Waals surface area contributed by atoms with E-state index in [1.54, 1.807) is 7.05 Å². The number of nitrogens with zero attached hydrogens (tertiary/aromatic N) is 4. The molecule has 1 saturated carbocycles. The summed E-state index contributed by atoms with van der Waals surface area (Å²) in [4.78, 5) is 12.8. The van der Waals surface area contributed by atoms with Crippen molar-refractivity contribution < 1.29 is 0 Å². The summed E-state index contributed by atoms with van der Waals surface area (Å²) in [5.41, 5.74) is -0.527. The molecular weight excluding hydrogens is 260 g/mol. The highest BCUT2D eigenvalue weighted by Crippen LogP contribution is 2.30. The zero-order chi connectivity index (χ0) is 13.7. The fourth-order valence-corrected chi connectivity index (χ4v) is 2.61. The van der Waals surface area contributed by atoms with Crippen molar-refractivity contribution in [3.8, 4) is 6.07 Å². The first kappa shape index (κ1) is 13.9. The standard InChI is InChI=1S/C12H18N6S/c1-14-9-15-10(17-11(16-9)19-2)18-12(8-13)6-4-3-5-7-12/h3-7H2,1-2H3,(H2,14,15,16,17,18). The van der Waals surface area contributed by atoms with E-state index < -0.39 is 5.54 Å². The minimum absolute atomic E-state index is 0.479. The van der Waals surface area contributed by atoms with Gasteiger partial charge in [0.15, 0.2) is 5.16 Å². The smallest absolute Gasteiger partial charge is 0.229 e. The molecule has 102 valence electrons. The van der Waals surface area contributed by atoms with Gasteiger partial charge in [-0.2, -0.15) is 20.2 Å². The number of nitriles is 1. The van der Waals surface area contributed by atoms with Crippen LogP contribution >= 0.6 is 11.8 Å². The maximum absolute atomic E-state index is 9.45. The maximum Gasteiger partial charge on any atom is 0.229 e. The molecule has 6 nitrogen and oxygen atoms in total. The van der Waals surface area contributed by atoms with Gasteiger partial charge in [-0.3, -0.25) is 0 Å². The molecule has 0 aromatic carbocycles. The van der Waals surface area contributed by atoms with Gasteiger partial charge in [-0.1, -0.05) is 31.0 Å². The Kier molecular flexibility index (Phi) is 4.43. The Hall–Kier alpha value is -1.55. The molecule has 7 heteroatoms. The molecule has 1 fully saturated rings. The number of thioether (sulfide) groups is 1. The lowest BCUT2D eigenvalue weighted by Gasteiger charge is -2.31. The molecule has 1 aliphatic rings. The van der Waals surface area contributed by atoms with Crippen molar-refractivity contribution in [2.45, 2.75) is 42.8 Å². The molecular formula is C12H18N6S. The van der Waals surface area contributed by atoms with Crippen LogP contribution in [0.5, 0.6) is 0 Å². The molecule has 0 unspecified atom stereocenters. The van der Waals surface area contributed by atoms with Gasteiger partial charge in [-0.05, 0) is 19.1 Å². The number of rotatable bonds is 4. The van der Waals surface area contributed by atoms with E-state index in [-0.39, 0.29) is 0 Å². The van der Waals surface area contributed by atoms with Crippen molar-refractivity contribution in [1.29, 1.82) is 5.26 Å². The monoisotopic (exact) mass is 278 g/mol. The lowest BCUT2D eigenvalue weighted by atomic mass is 9.83. The average molecular weight is 278 g/mol. The van der Waals surface area contributed by atoms with Gasteiger partial charge in [0, 0.05) is 7.05 Å². The molecule has 1 aromatic heterocycles. The summed E-state index contributed by atoms with van der Waals surface area (Å²) in [6.07, 6.45) is 6.94. The minimum Gasteiger partial charge on any atom is -0.357 e. The normalized spacial score (nSPS) is 17.5. The fourth-order valence-electron chi connectivity index (χ4n) is 2.25. The number of hydrogen-bond acceptors (Lipinski definition) is 7. The lowest BCUT2D eigenvalue weighted by Crippen LogP contribution is -2.39. The van der Waals surface area contributed by atoms with Gasteiger partial charge in [0.05, 0.1) is 6.07 Å². The quantitative estimate of drug-likeness (QED) is 0.817. The molecule has 0 bridgehead atoms. The molecule has 0 radical (unpaired) electrons. The predicted octanol–water partition coefficient (Wildman–Crippen LogP) is 2.27. The Morgan fingerprint density at radius 3 is 2.42 bits per heavy atom. The zero-order valence-electron chi connectivity index (χ0n) is 11.2. The van der Waals surface area contributed by atoms with E-state index in [1.165, 1.54) is 18.2 Å². The van der Waals surface area contributed by atoms with Crippen molar-refractivity contribution in [3.63, 3.8) is 0 Å². The Bertz CT molecular complexity index is 455. The SMILES string of the molecule is CNc1nc(NC2(C#N)CCCCC2)nc(SC)n1. The summed E-state index contributed by atoms with van der Waals surface area (Å²) >= 11 is 1.46. The third kappa shape index (κ3) is 3.26. The molecule has 2 rings (SSSR count). The zero-order valence-corrected chi connectivity index (χ0v) is 12.0. The Labute approximate surface area is 117 Å². The largest absolute Gasteiger partial charge is 0.357 e. The molecule has 1 aromatic rings. The van der Waals surface area contributed by atoms with E-state index in [0.29, 0.717) is 17.1 Å². The van der Waals surface area contributed by atoms with E-state index in [2.05, 4.69) is 31.7 Å². The van der Waals surface area contributed by atoms with E-state index in [0.717, 1.165) is 25.7 Å². The highest BCUT2D eigenvalue weighted by Gasteiger charge is 2.32. The lowest BCUT2D eigenvalue weighted by molar-refractivity contribution is 0.390. The van der Waals surface area contributed by atoms with Gasteiger partial charge < -0.3 is 10.6 Å². The van der Waals surface area contributed by atoms with Gasteiger partial charge in [-0.25, -0.2) is 0 Å². The van der Waals surface area contributed by atoms with Crippen LogP contribution in [0.1, 0.15) is 32.1 Å². The van der Waals surface area contributed by atoms with E-state index in [9.17, 15) is 5.26 Å². The fraction of sp³-hybridized carbons (Fsp3) is 0.667. The third-order valence-corrected chi connectivity index (χ3v) is 3.84. The number of aromatic nitrogens is 3. The third-order valence-electron chi connectivity index (χ3n) is 3.29. The van der Waals surface area contributed by atoms with Crippen LogP contribution in [0.15, 0.2) is 5.16 Å². The second-order valence-electron chi connectivity index (χ2n) is 4.60. The van der Waals surface area contributed by atoms with Crippen molar-refractivity contribution in [2.75, 3.05) is 23.9 Å². The van der Waals surface area contributed by atoms with Gasteiger partial charge in [-0.15, -0.1) is 0 Å². The molecule has 0 saturated heterocycles. The summed E-state index contributed by atoms with van der Waals surface area (Å²) in [7, 11) is 1.77. The summed E-state index contributed by atoms with van der Waals surface area (Å²) in [5.74, 6) is 0.998. The predicted molar refractivity (Wildman–Crippen MR) is 76.2 cm³/mol. The van der Waals surface area contributed by atoms with Crippen molar-refractivity contribution in [1.82, 2.24) is 15.0 Å². The van der Waals surface area contributed by atoms with Crippen LogP contribution in [0.4, 0.5) is 11.9 Å². The summed E-state index contributed by atoms with van der Waals surface area (Å²) in [6.45, 7) is 0. The molecule has 1 heterocycles. The van der Waals surface area contributed by atoms with Crippen LogP contribution in [0.25, 0.3) is 0 Å². The molecule has 0 spiro atoms. The topological polar surface area (TPSA) is 86.5 Å². The minimum atomic E-state index is -0.527. The summed E-state index contributed by atoms with van der Waals surface area (Å²) < 4.78 is 0. The number of anilines is 2. The second-order valence-corrected chi connectivity index (χ2v) is 5.37. The van der Waals surface area contributed by atoms with Gasteiger partial charge in [0.1, 0.15) is 5.54 Å². The maximum atomic E-state index is 9.45.